The Morgan fingerprint density at radius 3 is 2.70 bits per heavy atom. The third kappa shape index (κ3) is 5.13. The Balaban J connectivity index is 1.68. The molecule has 2 aliphatic heterocycles. The van der Waals surface area contributed by atoms with E-state index < -0.39 is 9.84 Å². The zero-order chi connectivity index (χ0) is 19.3. The van der Waals surface area contributed by atoms with Gasteiger partial charge in [0.05, 0.1) is 24.7 Å². The van der Waals surface area contributed by atoms with Gasteiger partial charge >= 0.3 is 0 Å². The highest BCUT2D eigenvalue weighted by Gasteiger charge is 2.29. The van der Waals surface area contributed by atoms with E-state index in [0.717, 1.165) is 24.4 Å². The number of benzene rings is 1. The quantitative estimate of drug-likeness (QED) is 0.557. The largest absolute Gasteiger partial charge is 0.496 e. The van der Waals surface area contributed by atoms with Gasteiger partial charge in [0.25, 0.3) is 0 Å². The maximum Gasteiger partial charge on any atom is 0.191 e. The molecule has 27 heavy (non-hydrogen) atoms. The molecule has 0 radical (unpaired) electrons. The highest BCUT2D eigenvalue weighted by Crippen LogP contribution is 2.31. The number of hydrogen-bond donors (Lipinski definition) is 2. The summed E-state index contributed by atoms with van der Waals surface area (Å²) in [6.45, 7) is 2.81. The maximum atomic E-state index is 11.7. The Hall–Kier alpha value is -1.80. The number of aliphatic imine (C=N–C) groups is 1. The van der Waals surface area contributed by atoms with Crippen LogP contribution in [0.25, 0.3) is 0 Å². The molecule has 0 saturated carbocycles. The zero-order valence-electron chi connectivity index (χ0n) is 16.1. The molecule has 2 heterocycles. The summed E-state index contributed by atoms with van der Waals surface area (Å²) in [4.78, 5) is 6.75. The van der Waals surface area contributed by atoms with E-state index in [9.17, 15) is 8.42 Å². The molecular weight excluding hydrogens is 364 g/mol. The maximum absolute atomic E-state index is 11.7. The van der Waals surface area contributed by atoms with Crippen molar-refractivity contribution in [1.29, 1.82) is 0 Å². The average molecular weight is 395 g/mol. The second kappa shape index (κ2) is 8.93. The molecule has 2 saturated heterocycles. The Bertz CT molecular complexity index is 760. The van der Waals surface area contributed by atoms with Gasteiger partial charge in [-0.1, -0.05) is 18.2 Å². The van der Waals surface area contributed by atoms with E-state index in [4.69, 9.17) is 4.74 Å². The van der Waals surface area contributed by atoms with Gasteiger partial charge < -0.3 is 15.4 Å². The third-order valence-electron chi connectivity index (χ3n) is 5.34. The molecule has 0 aliphatic carbocycles. The number of para-hydroxylation sites is 1. The van der Waals surface area contributed by atoms with Gasteiger partial charge in [-0.3, -0.25) is 9.89 Å². The fourth-order valence-electron chi connectivity index (χ4n) is 3.92. The third-order valence-corrected chi connectivity index (χ3v) is 7.11. The van der Waals surface area contributed by atoms with Crippen molar-refractivity contribution in [2.75, 3.05) is 45.3 Å². The minimum atomic E-state index is -2.92. The molecule has 150 valence electrons. The number of guanidine groups is 1. The number of nitrogens with one attached hydrogen (secondary N) is 2. The van der Waals surface area contributed by atoms with Gasteiger partial charge in [-0.15, -0.1) is 0 Å². The van der Waals surface area contributed by atoms with E-state index in [1.165, 1.54) is 12.8 Å². The van der Waals surface area contributed by atoms with Crippen LogP contribution in [0, 0.1) is 0 Å². The minimum absolute atomic E-state index is 0.0716. The molecule has 2 fully saturated rings. The number of methoxy groups -OCH3 is 1. The van der Waals surface area contributed by atoms with Crippen LogP contribution in [0.1, 0.15) is 30.9 Å². The van der Waals surface area contributed by atoms with Gasteiger partial charge in [0, 0.05) is 25.2 Å². The smallest absolute Gasteiger partial charge is 0.191 e. The summed E-state index contributed by atoms with van der Waals surface area (Å²) in [5, 5.41) is 6.65. The van der Waals surface area contributed by atoms with Crippen LogP contribution in [0.3, 0.4) is 0 Å². The van der Waals surface area contributed by atoms with Crippen molar-refractivity contribution < 1.29 is 13.2 Å². The number of nitrogens with zero attached hydrogens (tertiary/aromatic N) is 2. The van der Waals surface area contributed by atoms with Gasteiger partial charge in [-0.05, 0) is 38.4 Å². The summed E-state index contributed by atoms with van der Waals surface area (Å²) >= 11 is 0. The summed E-state index contributed by atoms with van der Waals surface area (Å²) in [5.41, 5.74) is 1.16. The van der Waals surface area contributed by atoms with Crippen molar-refractivity contribution in [3.05, 3.63) is 29.8 Å². The highest BCUT2D eigenvalue weighted by molar-refractivity contribution is 7.91. The van der Waals surface area contributed by atoms with E-state index in [1.807, 2.05) is 18.2 Å². The lowest BCUT2D eigenvalue weighted by atomic mass is 10.0. The second-order valence-electron chi connectivity index (χ2n) is 7.20. The Morgan fingerprint density at radius 1 is 1.33 bits per heavy atom. The van der Waals surface area contributed by atoms with Gasteiger partial charge in [0.2, 0.25) is 0 Å². The van der Waals surface area contributed by atoms with Crippen molar-refractivity contribution in [3.8, 4) is 5.75 Å². The normalized spacial score (nSPS) is 23.9. The summed E-state index contributed by atoms with van der Waals surface area (Å²) < 4.78 is 29.0. The van der Waals surface area contributed by atoms with E-state index in [1.54, 1.807) is 14.2 Å². The van der Waals surface area contributed by atoms with Crippen LogP contribution in [0.5, 0.6) is 5.75 Å². The molecule has 8 heteroatoms. The van der Waals surface area contributed by atoms with Gasteiger partial charge in [0.1, 0.15) is 5.75 Å². The number of ether oxygens (including phenoxy) is 1. The van der Waals surface area contributed by atoms with Crippen LogP contribution < -0.4 is 15.4 Å². The first kappa shape index (κ1) is 19.9. The molecule has 0 amide bonds. The van der Waals surface area contributed by atoms with E-state index >= 15 is 0 Å². The van der Waals surface area contributed by atoms with Crippen molar-refractivity contribution in [2.24, 2.45) is 4.99 Å². The Labute approximate surface area is 162 Å². The number of rotatable bonds is 6. The van der Waals surface area contributed by atoms with Crippen LogP contribution in [0.4, 0.5) is 0 Å². The first-order chi connectivity index (χ1) is 13.0. The molecule has 2 unspecified atom stereocenters. The standard InChI is InChI=1S/C19H30N4O3S/c1-20-19(22-15-9-12-27(24,25)14-15)21-13-17(23-10-5-6-11-23)16-7-3-4-8-18(16)26-2/h3-4,7-8,15,17H,5-6,9-14H2,1-2H3,(H2,20,21,22). The van der Waals surface area contributed by atoms with Crippen LogP contribution in [-0.2, 0) is 9.84 Å². The minimum Gasteiger partial charge on any atom is -0.496 e. The topological polar surface area (TPSA) is 83.0 Å². The van der Waals surface area contributed by atoms with Gasteiger partial charge in [-0.25, -0.2) is 8.42 Å². The first-order valence-electron chi connectivity index (χ1n) is 9.57. The molecule has 0 bridgehead atoms. The molecule has 0 aromatic heterocycles. The second-order valence-corrected chi connectivity index (χ2v) is 9.43. The summed E-state index contributed by atoms with van der Waals surface area (Å²) in [7, 11) is 0.502. The van der Waals surface area contributed by atoms with Crippen molar-refractivity contribution >= 4 is 15.8 Å². The lowest BCUT2D eigenvalue weighted by Gasteiger charge is -2.30. The molecule has 2 aliphatic rings. The molecule has 0 spiro atoms. The predicted octanol–water partition coefficient (Wildman–Crippen LogP) is 1.18. The van der Waals surface area contributed by atoms with Crippen LogP contribution in [0.2, 0.25) is 0 Å². The van der Waals surface area contributed by atoms with Gasteiger partial charge in [0.15, 0.2) is 15.8 Å². The molecule has 7 nitrogen and oxygen atoms in total. The molecule has 2 N–H and O–H groups in total. The number of hydrogen-bond acceptors (Lipinski definition) is 5. The Kier molecular flexibility index (Phi) is 6.59. The van der Waals surface area contributed by atoms with E-state index in [-0.39, 0.29) is 23.6 Å². The fraction of sp³-hybridized carbons (Fsp3) is 0.632. The van der Waals surface area contributed by atoms with E-state index in [0.29, 0.717) is 18.9 Å². The van der Waals surface area contributed by atoms with Crippen molar-refractivity contribution in [1.82, 2.24) is 15.5 Å². The van der Waals surface area contributed by atoms with Gasteiger partial charge in [-0.2, -0.15) is 0 Å². The molecule has 3 rings (SSSR count). The van der Waals surface area contributed by atoms with Crippen LogP contribution in [-0.4, -0.2) is 70.6 Å². The predicted molar refractivity (Wildman–Crippen MR) is 108 cm³/mol. The molecule has 2 atom stereocenters. The summed E-state index contributed by atoms with van der Waals surface area (Å²) in [6.07, 6.45) is 3.04. The average Bonchev–Trinajstić information content (AvgIpc) is 3.31. The monoisotopic (exact) mass is 394 g/mol. The van der Waals surface area contributed by atoms with Crippen molar-refractivity contribution in [2.45, 2.75) is 31.3 Å². The zero-order valence-corrected chi connectivity index (χ0v) is 17.0. The fourth-order valence-corrected chi connectivity index (χ4v) is 5.59. The number of sulfone groups is 1. The highest BCUT2D eigenvalue weighted by atomic mass is 32.2. The SMILES string of the molecule is CN=C(NCC(c1ccccc1OC)N1CCCC1)NC1CCS(=O)(=O)C1. The molecule has 1 aromatic carbocycles. The lowest BCUT2D eigenvalue weighted by Crippen LogP contribution is -2.46. The first-order valence-corrected chi connectivity index (χ1v) is 11.4. The van der Waals surface area contributed by atoms with Crippen LogP contribution in [0.15, 0.2) is 29.3 Å². The summed E-state index contributed by atoms with van der Waals surface area (Å²) in [5.74, 6) is 1.96. The molecule has 1 aromatic rings. The molecular formula is C19H30N4O3S. The van der Waals surface area contributed by atoms with Crippen LogP contribution >= 0.6 is 0 Å². The number of likely N-dealkylation sites (tertiary alicyclic amines) is 1. The van der Waals surface area contributed by atoms with E-state index in [2.05, 4.69) is 26.6 Å². The van der Waals surface area contributed by atoms with Crippen molar-refractivity contribution in [3.63, 3.8) is 0 Å². The summed E-state index contributed by atoms with van der Waals surface area (Å²) in [6, 6.07) is 8.24. The lowest BCUT2D eigenvalue weighted by molar-refractivity contribution is 0.239. The Morgan fingerprint density at radius 2 is 2.07 bits per heavy atom.